The Hall–Kier alpha value is -1.17. The van der Waals surface area contributed by atoms with Crippen LogP contribution in [0.15, 0.2) is 18.2 Å². The standard InChI is InChI=1S/C17H25FN2O2/c1-13-12-22-14(11-21)9-20(13)10-15-16(18)5-4-6-17(15)19-7-2-3-8-19/h4-6,13-14,21H,2-3,7-12H2,1H3/t13-,14+/m1/s1. The van der Waals surface area contributed by atoms with E-state index in [4.69, 9.17) is 4.74 Å². The van der Waals surface area contributed by atoms with Crippen molar-refractivity contribution < 1.29 is 14.2 Å². The molecule has 1 aromatic carbocycles. The van der Waals surface area contributed by atoms with Crippen molar-refractivity contribution in [3.05, 3.63) is 29.6 Å². The zero-order valence-corrected chi connectivity index (χ0v) is 13.2. The molecule has 0 aromatic heterocycles. The van der Waals surface area contributed by atoms with Crippen LogP contribution in [0, 0.1) is 5.82 Å². The molecule has 22 heavy (non-hydrogen) atoms. The largest absolute Gasteiger partial charge is 0.394 e. The van der Waals surface area contributed by atoms with Crippen LogP contribution in [0.2, 0.25) is 0 Å². The lowest BCUT2D eigenvalue weighted by Gasteiger charge is -2.38. The predicted octanol–water partition coefficient (Wildman–Crippen LogP) is 2.01. The maximum Gasteiger partial charge on any atom is 0.129 e. The van der Waals surface area contributed by atoms with Gasteiger partial charge in [-0.15, -0.1) is 0 Å². The quantitative estimate of drug-likeness (QED) is 0.923. The maximum absolute atomic E-state index is 14.4. The number of halogens is 1. The molecule has 0 aliphatic carbocycles. The monoisotopic (exact) mass is 308 g/mol. The van der Waals surface area contributed by atoms with Gasteiger partial charge in [-0.2, -0.15) is 0 Å². The first kappa shape index (κ1) is 15.7. The van der Waals surface area contributed by atoms with Gasteiger partial charge in [0, 0.05) is 43.5 Å². The summed E-state index contributed by atoms with van der Waals surface area (Å²) in [4.78, 5) is 4.50. The number of hydrogen-bond donors (Lipinski definition) is 1. The average molecular weight is 308 g/mol. The molecule has 2 aliphatic rings. The van der Waals surface area contributed by atoms with Crippen molar-refractivity contribution in [1.82, 2.24) is 4.90 Å². The summed E-state index contributed by atoms with van der Waals surface area (Å²) in [5, 5.41) is 9.31. The van der Waals surface area contributed by atoms with Crippen molar-refractivity contribution in [3.63, 3.8) is 0 Å². The Morgan fingerprint density at radius 1 is 1.32 bits per heavy atom. The van der Waals surface area contributed by atoms with E-state index in [1.165, 1.54) is 12.8 Å². The van der Waals surface area contributed by atoms with Crippen LogP contribution >= 0.6 is 0 Å². The van der Waals surface area contributed by atoms with E-state index < -0.39 is 0 Å². The summed E-state index contributed by atoms with van der Waals surface area (Å²) in [6, 6.07) is 5.60. The lowest BCUT2D eigenvalue weighted by Crippen LogP contribution is -2.49. The van der Waals surface area contributed by atoms with Crippen molar-refractivity contribution in [2.24, 2.45) is 0 Å². The molecule has 4 nitrogen and oxygen atoms in total. The second-order valence-electron chi connectivity index (χ2n) is 6.35. The van der Waals surface area contributed by atoms with E-state index in [0.717, 1.165) is 24.3 Å². The molecule has 3 rings (SSSR count). The molecule has 2 aliphatic heterocycles. The van der Waals surface area contributed by atoms with Crippen LogP contribution in [-0.4, -0.2) is 55.0 Å². The summed E-state index contributed by atoms with van der Waals surface area (Å²) in [7, 11) is 0. The molecule has 0 spiro atoms. The molecule has 0 unspecified atom stereocenters. The van der Waals surface area contributed by atoms with E-state index in [-0.39, 0.29) is 24.6 Å². The SMILES string of the molecule is C[C@@H]1CO[C@H](CO)CN1Cc1c(F)cccc1N1CCCC1. The number of ether oxygens (including phenoxy) is 1. The molecule has 2 fully saturated rings. The summed E-state index contributed by atoms with van der Waals surface area (Å²) in [5.74, 6) is -0.136. The highest BCUT2D eigenvalue weighted by Gasteiger charge is 2.28. The third-order valence-corrected chi connectivity index (χ3v) is 4.74. The number of anilines is 1. The highest BCUT2D eigenvalue weighted by atomic mass is 19.1. The Bertz CT molecular complexity index is 505. The highest BCUT2D eigenvalue weighted by molar-refractivity contribution is 5.54. The summed E-state index contributed by atoms with van der Waals surface area (Å²) >= 11 is 0. The number of morpholine rings is 1. The first-order chi connectivity index (χ1) is 10.7. The lowest BCUT2D eigenvalue weighted by molar-refractivity contribution is -0.0807. The van der Waals surface area contributed by atoms with Gasteiger partial charge >= 0.3 is 0 Å². The smallest absolute Gasteiger partial charge is 0.129 e. The Morgan fingerprint density at radius 2 is 2.09 bits per heavy atom. The van der Waals surface area contributed by atoms with Crippen molar-refractivity contribution in [3.8, 4) is 0 Å². The summed E-state index contributed by atoms with van der Waals surface area (Å²) in [6.07, 6.45) is 2.19. The number of benzene rings is 1. The minimum Gasteiger partial charge on any atom is -0.394 e. The Labute approximate surface area is 131 Å². The molecule has 0 radical (unpaired) electrons. The van der Waals surface area contributed by atoms with E-state index in [1.54, 1.807) is 12.1 Å². The van der Waals surface area contributed by atoms with Gasteiger partial charge in [-0.3, -0.25) is 4.90 Å². The van der Waals surface area contributed by atoms with E-state index in [2.05, 4.69) is 16.7 Å². The first-order valence-electron chi connectivity index (χ1n) is 8.18. The molecule has 0 saturated carbocycles. The van der Waals surface area contributed by atoms with E-state index in [0.29, 0.717) is 19.7 Å². The van der Waals surface area contributed by atoms with Crippen LogP contribution in [0.4, 0.5) is 10.1 Å². The fourth-order valence-electron chi connectivity index (χ4n) is 3.37. The second kappa shape index (κ2) is 6.94. The maximum atomic E-state index is 14.4. The molecule has 5 heteroatoms. The van der Waals surface area contributed by atoms with E-state index in [9.17, 15) is 9.50 Å². The number of aliphatic hydroxyl groups is 1. The van der Waals surface area contributed by atoms with Crippen molar-refractivity contribution in [2.75, 3.05) is 37.7 Å². The minimum absolute atomic E-state index is 0.0134. The number of aliphatic hydroxyl groups excluding tert-OH is 1. The van der Waals surface area contributed by atoms with Gasteiger partial charge in [0.05, 0.1) is 19.3 Å². The Kier molecular flexibility index (Phi) is 4.96. The Balaban J connectivity index is 1.81. The molecule has 122 valence electrons. The van der Waals surface area contributed by atoms with E-state index in [1.807, 2.05) is 6.07 Å². The van der Waals surface area contributed by atoms with Crippen molar-refractivity contribution >= 4 is 5.69 Å². The van der Waals surface area contributed by atoms with Crippen molar-refractivity contribution in [2.45, 2.75) is 38.5 Å². The predicted molar refractivity (Wildman–Crippen MR) is 84.5 cm³/mol. The number of hydrogen-bond acceptors (Lipinski definition) is 4. The number of nitrogens with zero attached hydrogens (tertiary/aromatic N) is 2. The van der Waals surface area contributed by atoms with Gasteiger partial charge in [-0.25, -0.2) is 4.39 Å². The average Bonchev–Trinajstić information content (AvgIpc) is 3.05. The minimum atomic E-state index is -0.168. The van der Waals surface area contributed by atoms with Gasteiger partial charge in [0.1, 0.15) is 5.82 Å². The number of rotatable bonds is 4. The summed E-state index contributed by atoms with van der Waals surface area (Å²) in [6.45, 7) is 5.91. The Morgan fingerprint density at radius 3 is 2.82 bits per heavy atom. The lowest BCUT2D eigenvalue weighted by atomic mass is 10.1. The van der Waals surface area contributed by atoms with Crippen LogP contribution in [-0.2, 0) is 11.3 Å². The molecule has 1 aromatic rings. The van der Waals surface area contributed by atoms with Crippen LogP contribution in [0.3, 0.4) is 0 Å². The van der Waals surface area contributed by atoms with Crippen LogP contribution in [0.1, 0.15) is 25.3 Å². The van der Waals surface area contributed by atoms with Crippen LogP contribution in [0.25, 0.3) is 0 Å². The molecule has 1 N–H and O–H groups in total. The topological polar surface area (TPSA) is 35.9 Å². The molecule has 2 atom stereocenters. The fraction of sp³-hybridized carbons (Fsp3) is 0.647. The van der Waals surface area contributed by atoms with Gasteiger partial charge < -0.3 is 14.7 Å². The van der Waals surface area contributed by atoms with Crippen LogP contribution < -0.4 is 4.90 Å². The zero-order chi connectivity index (χ0) is 15.5. The second-order valence-corrected chi connectivity index (χ2v) is 6.35. The van der Waals surface area contributed by atoms with E-state index >= 15 is 0 Å². The summed E-state index contributed by atoms with van der Waals surface area (Å²) < 4.78 is 20.0. The summed E-state index contributed by atoms with van der Waals surface area (Å²) in [5.41, 5.74) is 1.80. The first-order valence-corrected chi connectivity index (χ1v) is 8.18. The van der Waals surface area contributed by atoms with Gasteiger partial charge in [-0.1, -0.05) is 6.07 Å². The molecule has 0 bridgehead atoms. The van der Waals surface area contributed by atoms with Gasteiger partial charge in [0.15, 0.2) is 0 Å². The van der Waals surface area contributed by atoms with Gasteiger partial charge in [-0.05, 0) is 31.9 Å². The third kappa shape index (κ3) is 3.26. The normalized spacial score (nSPS) is 26.6. The third-order valence-electron chi connectivity index (χ3n) is 4.74. The zero-order valence-electron chi connectivity index (χ0n) is 13.2. The fourth-order valence-corrected chi connectivity index (χ4v) is 3.37. The highest BCUT2D eigenvalue weighted by Crippen LogP contribution is 2.29. The molecule has 0 amide bonds. The molecule has 2 saturated heterocycles. The van der Waals surface area contributed by atoms with Gasteiger partial charge in [0.2, 0.25) is 0 Å². The van der Waals surface area contributed by atoms with Gasteiger partial charge in [0.25, 0.3) is 0 Å². The molecule has 2 heterocycles. The molecular weight excluding hydrogens is 283 g/mol. The van der Waals surface area contributed by atoms with Crippen LogP contribution in [0.5, 0.6) is 0 Å². The van der Waals surface area contributed by atoms with Crippen molar-refractivity contribution in [1.29, 1.82) is 0 Å². The molecular formula is C17H25FN2O2.